The summed E-state index contributed by atoms with van der Waals surface area (Å²) < 4.78 is 0. The van der Waals surface area contributed by atoms with Gasteiger partial charge in [0.15, 0.2) is 0 Å². The van der Waals surface area contributed by atoms with Gasteiger partial charge < -0.3 is 15.0 Å². The van der Waals surface area contributed by atoms with Crippen LogP contribution in [-0.2, 0) is 16.0 Å². The number of carboxylic acids is 1. The number of benzene rings is 1. The van der Waals surface area contributed by atoms with Gasteiger partial charge in [0.25, 0.3) is 5.56 Å². The number of carboxylic acid groups (broad SMARTS) is 1. The van der Waals surface area contributed by atoms with Gasteiger partial charge in [-0.15, -0.1) is 0 Å². The normalized spacial score (nSPS) is 15.3. The molecule has 0 spiro atoms. The molecule has 1 aromatic heterocycles. The molecule has 0 saturated heterocycles. The molecule has 0 radical (unpaired) electrons. The van der Waals surface area contributed by atoms with Crippen molar-refractivity contribution in [3.05, 3.63) is 50.9 Å². The van der Waals surface area contributed by atoms with Crippen molar-refractivity contribution in [3.8, 4) is 11.4 Å². The molecule has 1 unspecified atom stereocenters. The minimum Gasteiger partial charge on any atom is -0.481 e. The maximum absolute atomic E-state index is 13.1. The van der Waals surface area contributed by atoms with Crippen LogP contribution in [0.15, 0.2) is 29.1 Å². The number of nitrogens with one attached hydrogen (secondary N) is 1. The molecule has 0 bridgehead atoms. The van der Waals surface area contributed by atoms with Gasteiger partial charge in [-0.1, -0.05) is 44.2 Å². The first kappa shape index (κ1) is 25.0. The van der Waals surface area contributed by atoms with Crippen LogP contribution in [0.5, 0.6) is 0 Å². The third-order valence-electron chi connectivity index (χ3n) is 6.14. The fraction of sp³-hybridized carbons (Fsp3) is 0.520. The minimum absolute atomic E-state index is 0.0788. The number of carbonyl (C=O) groups excluding carboxylic acids is 1. The zero-order valence-corrected chi connectivity index (χ0v) is 19.9. The van der Waals surface area contributed by atoms with E-state index in [1.165, 1.54) is 0 Å². The number of halogens is 1. The zero-order chi connectivity index (χ0) is 23.8. The molecule has 2 heterocycles. The number of fused-ring (bicyclic) bond motifs is 1. The van der Waals surface area contributed by atoms with E-state index >= 15 is 0 Å². The summed E-state index contributed by atoms with van der Waals surface area (Å²) >= 11 is 6.00. The van der Waals surface area contributed by atoms with Crippen molar-refractivity contribution in [2.24, 2.45) is 0 Å². The fourth-order valence-corrected chi connectivity index (χ4v) is 4.48. The van der Waals surface area contributed by atoms with Gasteiger partial charge in [0, 0.05) is 35.5 Å². The van der Waals surface area contributed by atoms with Crippen molar-refractivity contribution in [1.82, 2.24) is 14.9 Å². The summed E-state index contributed by atoms with van der Waals surface area (Å²) in [7, 11) is 0. The van der Waals surface area contributed by atoms with E-state index in [4.69, 9.17) is 21.7 Å². The average molecular weight is 474 g/mol. The predicted octanol–water partition coefficient (Wildman–Crippen LogP) is 5.13. The predicted molar refractivity (Wildman–Crippen MR) is 128 cm³/mol. The Labute approximate surface area is 199 Å². The van der Waals surface area contributed by atoms with E-state index in [1.807, 2.05) is 17.0 Å². The van der Waals surface area contributed by atoms with Crippen LogP contribution < -0.4 is 5.56 Å². The van der Waals surface area contributed by atoms with Crippen molar-refractivity contribution in [2.75, 3.05) is 6.54 Å². The summed E-state index contributed by atoms with van der Waals surface area (Å²) in [5, 5.41) is 9.35. The maximum atomic E-state index is 13.1. The van der Waals surface area contributed by atoms with Gasteiger partial charge in [0.05, 0.1) is 11.7 Å². The molecule has 1 aliphatic heterocycles. The smallest absolute Gasteiger partial charge is 0.303 e. The highest BCUT2D eigenvalue weighted by atomic mass is 35.5. The Morgan fingerprint density at radius 2 is 1.82 bits per heavy atom. The largest absolute Gasteiger partial charge is 0.481 e. The zero-order valence-electron chi connectivity index (χ0n) is 19.1. The lowest BCUT2D eigenvalue weighted by Gasteiger charge is -2.36. The molecule has 1 aliphatic rings. The van der Waals surface area contributed by atoms with Gasteiger partial charge in [0.1, 0.15) is 5.82 Å². The number of nitrogens with zero attached hydrogens (tertiary/aromatic N) is 2. The molecule has 2 aromatic rings. The third-order valence-corrected chi connectivity index (χ3v) is 6.39. The number of aromatic nitrogens is 2. The van der Waals surface area contributed by atoms with E-state index in [1.54, 1.807) is 12.1 Å². The third kappa shape index (κ3) is 6.67. The van der Waals surface area contributed by atoms with Gasteiger partial charge in [0.2, 0.25) is 5.91 Å². The highest BCUT2D eigenvalue weighted by Crippen LogP contribution is 2.33. The number of rotatable bonds is 11. The SMILES string of the molecule is CCCCC1c2nc(-c3ccc(Cl)cc3)[nH]c(=O)c2CCN1C(=O)CCCCCCC(=O)O. The number of unbranched alkanes of at least 4 members (excludes halogenated alkanes) is 4. The number of hydrogen-bond donors (Lipinski definition) is 2. The summed E-state index contributed by atoms with van der Waals surface area (Å²) in [6.45, 7) is 2.63. The second kappa shape index (κ2) is 12.0. The van der Waals surface area contributed by atoms with Crippen LogP contribution in [0, 0.1) is 0 Å². The van der Waals surface area contributed by atoms with Gasteiger partial charge in [-0.05, 0) is 49.9 Å². The molecule has 33 heavy (non-hydrogen) atoms. The van der Waals surface area contributed by atoms with E-state index in [0.717, 1.165) is 44.1 Å². The summed E-state index contributed by atoms with van der Waals surface area (Å²) in [5.74, 6) is -0.211. The van der Waals surface area contributed by atoms with Crippen LogP contribution in [0.25, 0.3) is 11.4 Å². The number of amides is 1. The molecule has 1 aromatic carbocycles. The first-order valence-corrected chi connectivity index (χ1v) is 12.2. The minimum atomic E-state index is -0.780. The van der Waals surface area contributed by atoms with Gasteiger partial charge in [-0.3, -0.25) is 14.4 Å². The second-order valence-electron chi connectivity index (χ2n) is 8.59. The summed E-state index contributed by atoms with van der Waals surface area (Å²) in [6, 6.07) is 6.96. The molecule has 0 aliphatic carbocycles. The van der Waals surface area contributed by atoms with Crippen molar-refractivity contribution in [1.29, 1.82) is 0 Å². The van der Waals surface area contributed by atoms with Crippen molar-refractivity contribution < 1.29 is 14.7 Å². The lowest BCUT2D eigenvalue weighted by molar-refractivity contribution is -0.137. The Balaban J connectivity index is 1.77. The number of aliphatic carboxylic acids is 1. The molecule has 178 valence electrons. The second-order valence-corrected chi connectivity index (χ2v) is 9.02. The Hall–Kier alpha value is -2.67. The number of carbonyl (C=O) groups is 2. The molecule has 2 N–H and O–H groups in total. The Morgan fingerprint density at radius 3 is 2.48 bits per heavy atom. The molecule has 7 nitrogen and oxygen atoms in total. The lowest BCUT2D eigenvalue weighted by atomic mass is 9.93. The van der Waals surface area contributed by atoms with Crippen LogP contribution >= 0.6 is 11.6 Å². The first-order chi connectivity index (χ1) is 15.9. The number of H-pyrrole nitrogens is 1. The summed E-state index contributed by atoms with van der Waals surface area (Å²) in [4.78, 5) is 46.2. The van der Waals surface area contributed by atoms with Crippen LogP contribution in [0.2, 0.25) is 5.02 Å². The number of aromatic amines is 1. The Kier molecular flexibility index (Phi) is 9.06. The van der Waals surface area contributed by atoms with Crippen LogP contribution in [0.1, 0.15) is 82.0 Å². The molecule has 1 amide bonds. The number of hydrogen-bond acceptors (Lipinski definition) is 4. The van der Waals surface area contributed by atoms with Crippen molar-refractivity contribution >= 4 is 23.5 Å². The van der Waals surface area contributed by atoms with E-state index in [-0.39, 0.29) is 23.9 Å². The molecule has 8 heteroatoms. The Bertz CT molecular complexity index is 1020. The van der Waals surface area contributed by atoms with Gasteiger partial charge in [-0.25, -0.2) is 4.98 Å². The van der Waals surface area contributed by atoms with E-state index in [0.29, 0.717) is 47.9 Å². The first-order valence-electron chi connectivity index (χ1n) is 11.8. The molecular weight excluding hydrogens is 442 g/mol. The van der Waals surface area contributed by atoms with Gasteiger partial charge >= 0.3 is 5.97 Å². The van der Waals surface area contributed by atoms with Crippen molar-refractivity contribution in [3.63, 3.8) is 0 Å². The average Bonchev–Trinajstić information content (AvgIpc) is 2.79. The monoisotopic (exact) mass is 473 g/mol. The lowest BCUT2D eigenvalue weighted by Crippen LogP contribution is -2.42. The molecule has 1 atom stereocenters. The quantitative estimate of drug-likeness (QED) is 0.440. The van der Waals surface area contributed by atoms with Crippen LogP contribution in [-0.4, -0.2) is 38.4 Å². The molecule has 0 fully saturated rings. The van der Waals surface area contributed by atoms with E-state index in [9.17, 15) is 14.4 Å². The molecule has 3 rings (SSSR count). The molecule has 0 saturated carbocycles. The summed E-state index contributed by atoms with van der Waals surface area (Å²) in [6.07, 6.45) is 6.81. The topological polar surface area (TPSA) is 103 Å². The van der Waals surface area contributed by atoms with E-state index < -0.39 is 5.97 Å². The standard InChI is InChI=1S/C25H32ClN3O4/c1-2-3-8-20-23-19(25(33)28-24(27-23)17-11-13-18(26)14-12-17)15-16-29(20)21(30)9-6-4-5-7-10-22(31)32/h11-14,20H,2-10,15-16H2,1H3,(H,31,32)(H,27,28,33). The highest BCUT2D eigenvalue weighted by Gasteiger charge is 2.33. The highest BCUT2D eigenvalue weighted by molar-refractivity contribution is 6.30. The van der Waals surface area contributed by atoms with E-state index in [2.05, 4.69) is 11.9 Å². The maximum Gasteiger partial charge on any atom is 0.303 e. The molecular formula is C25H32ClN3O4. The Morgan fingerprint density at radius 1 is 1.12 bits per heavy atom. The summed E-state index contributed by atoms with van der Waals surface area (Å²) in [5.41, 5.74) is 2.01. The van der Waals surface area contributed by atoms with Crippen molar-refractivity contribution in [2.45, 2.75) is 77.2 Å². The van der Waals surface area contributed by atoms with Crippen LogP contribution in [0.4, 0.5) is 0 Å². The van der Waals surface area contributed by atoms with Crippen LogP contribution in [0.3, 0.4) is 0 Å². The fourth-order valence-electron chi connectivity index (χ4n) is 4.35. The van der Waals surface area contributed by atoms with Gasteiger partial charge in [-0.2, -0.15) is 0 Å².